The number of hydrogen-bond donors (Lipinski definition) is 3. The SMILES string of the molecule is C=CCNC(=O)Nc1ccc(NC(=O)CCC)cc1. The predicted molar refractivity (Wildman–Crippen MR) is 77.2 cm³/mol. The Hall–Kier alpha value is -2.30. The van der Waals surface area contributed by atoms with Gasteiger partial charge < -0.3 is 16.0 Å². The van der Waals surface area contributed by atoms with Crippen LogP contribution in [0.3, 0.4) is 0 Å². The van der Waals surface area contributed by atoms with Crippen molar-refractivity contribution in [1.29, 1.82) is 0 Å². The molecule has 0 radical (unpaired) electrons. The minimum atomic E-state index is -0.289. The fraction of sp³-hybridized carbons (Fsp3) is 0.286. The third-order valence-corrected chi connectivity index (χ3v) is 2.31. The molecule has 0 aliphatic carbocycles. The lowest BCUT2D eigenvalue weighted by molar-refractivity contribution is -0.116. The lowest BCUT2D eigenvalue weighted by Crippen LogP contribution is -2.28. The van der Waals surface area contributed by atoms with Crippen LogP contribution >= 0.6 is 0 Å². The molecule has 5 nitrogen and oxygen atoms in total. The predicted octanol–water partition coefficient (Wildman–Crippen LogP) is 2.73. The summed E-state index contributed by atoms with van der Waals surface area (Å²) in [5.41, 5.74) is 1.38. The molecule has 0 atom stereocenters. The van der Waals surface area contributed by atoms with Crippen molar-refractivity contribution < 1.29 is 9.59 Å². The van der Waals surface area contributed by atoms with Gasteiger partial charge in [-0.05, 0) is 30.7 Å². The van der Waals surface area contributed by atoms with Crippen molar-refractivity contribution in [2.45, 2.75) is 19.8 Å². The first kappa shape index (κ1) is 14.8. The second kappa shape index (κ2) is 7.92. The monoisotopic (exact) mass is 261 g/mol. The van der Waals surface area contributed by atoms with Gasteiger partial charge in [0.15, 0.2) is 0 Å². The molecule has 19 heavy (non-hydrogen) atoms. The van der Waals surface area contributed by atoms with Crippen LogP contribution in [0.5, 0.6) is 0 Å². The number of benzene rings is 1. The zero-order valence-electron chi connectivity index (χ0n) is 11.0. The number of anilines is 2. The van der Waals surface area contributed by atoms with Crippen LogP contribution in [-0.2, 0) is 4.79 Å². The summed E-state index contributed by atoms with van der Waals surface area (Å²) >= 11 is 0. The molecule has 0 spiro atoms. The molecular formula is C14H19N3O2. The molecule has 1 rings (SSSR count). The number of carbonyl (C=O) groups is 2. The normalized spacial score (nSPS) is 9.53. The third kappa shape index (κ3) is 5.72. The smallest absolute Gasteiger partial charge is 0.319 e. The van der Waals surface area contributed by atoms with E-state index in [-0.39, 0.29) is 11.9 Å². The van der Waals surface area contributed by atoms with Crippen LogP contribution in [0.4, 0.5) is 16.2 Å². The molecule has 3 N–H and O–H groups in total. The van der Waals surface area contributed by atoms with E-state index in [1.807, 2.05) is 6.92 Å². The van der Waals surface area contributed by atoms with E-state index in [0.29, 0.717) is 18.7 Å². The number of nitrogens with one attached hydrogen (secondary N) is 3. The van der Waals surface area contributed by atoms with Gasteiger partial charge in [-0.2, -0.15) is 0 Å². The van der Waals surface area contributed by atoms with Crippen LogP contribution in [0.25, 0.3) is 0 Å². The highest BCUT2D eigenvalue weighted by atomic mass is 16.2. The summed E-state index contributed by atoms with van der Waals surface area (Å²) in [4.78, 5) is 22.8. The number of rotatable bonds is 6. The van der Waals surface area contributed by atoms with Crippen molar-refractivity contribution in [2.75, 3.05) is 17.2 Å². The molecular weight excluding hydrogens is 242 g/mol. The molecule has 1 aromatic carbocycles. The topological polar surface area (TPSA) is 70.2 Å². The Morgan fingerprint density at radius 3 is 2.26 bits per heavy atom. The maximum atomic E-state index is 11.4. The van der Waals surface area contributed by atoms with Gasteiger partial charge in [-0.1, -0.05) is 13.0 Å². The highest BCUT2D eigenvalue weighted by Crippen LogP contribution is 2.13. The summed E-state index contributed by atoms with van der Waals surface area (Å²) in [5.74, 6) is -0.00747. The van der Waals surface area contributed by atoms with Gasteiger partial charge in [-0.25, -0.2) is 4.79 Å². The fourth-order valence-electron chi connectivity index (χ4n) is 1.43. The Bertz CT molecular complexity index is 441. The van der Waals surface area contributed by atoms with E-state index >= 15 is 0 Å². The molecule has 0 aromatic heterocycles. The Morgan fingerprint density at radius 1 is 1.16 bits per heavy atom. The zero-order valence-corrected chi connectivity index (χ0v) is 11.0. The van der Waals surface area contributed by atoms with Gasteiger partial charge in [-0.3, -0.25) is 4.79 Å². The van der Waals surface area contributed by atoms with Gasteiger partial charge in [-0.15, -0.1) is 6.58 Å². The zero-order chi connectivity index (χ0) is 14.1. The van der Waals surface area contributed by atoms with E-state index in [2.05, 4.69) is 22.5 Å². The highest BCUT2D eigenvalue weighted by molar-refractivity contribution is 5.92. The Kier molecular flexibility index (Phi) is 6.15. The van der Waals surface area contributed by atoms with E-state index in [9.17, 15) is 9.59 Å². The van der Waals surface area contributed by atoms with Crippen molar-refractivity contribution in [3.63, 3.8) is 0 Å². The molecule has 0 saturated carbocycles. The van der Waals surface area contributed by atoms with Gasteiger partial charge in [0.05, 0.1) is 0 Å². The van der Waals surface area contributed by atoms with Crippen LogP contribution in [-0.4, -0.2) is 18.5 Å². The standard InChI is InChI=1S/C14H19N3O2/c1-3-5-13(18)16-11-6-8-12(9-7-11)17-14(19)15-10-4-2/h4,6-9H,2-3,5,10H2,1H3,(H,16,18)(H2,15,17,19). The van der Waals surface area contributed by atoms with Crippen molar-refractivity contribution in [3.05, 3.63) is 36.9 Å². The molecule has 1 aromatic rings. The number of urea groups is 1. The molecule has 0 unspecified atom stereocenters. The molecule has 0 aliphatic heterocycles. The summed E-state index contributed by atoms with van der Waals surface area (Å²) in [6, 6.07) is 6.67. The van der Waals surface area contributed by atoms with Gasteiger partial charge in [0.25, 0.3) is 0 Å². The molecule has 0 heterocycles. The molecule has 3 amide bonds. The summed E-state index contributed by atoms with van der Waals surface area (Å²) in [6.45, 7) is 5.88. The Morgan fingerprint density at radius 2 is 1.74 bits per heavy atom. The minimum absolute atomic E-state index is 0.00747. The van der Waals surface area contributed by atoms with Crippen molar-refractivity contribution in [2.24, 2.45) is 0 Å². The van der Waals surface area contributed by atoms with E-state index in [4.69, 9.17) is 0 Å². The summed E-state index contributed by atoms with van der Waals surface area (Å²) < 4.78 is 0. The average molecular weight is 261 g/mol. The fourth-order valence-corrected chi connectivity index (χ4v) is 1.43. The van der Waals surface area contributed by atoms with Crippen LogP contribution in [0.2, 0.25) is 0 Å². The average Bonchev–Trinajstić information content (AvgIpc) is 2.39. The van der Waals surface area contributed by atoms with E-state index in [1.165, 1.54) is 0 Å². The van der Waals surface area contributed by atoms with Crippen molar-refractivity contribution >= 4 is 23.3 Å². The van der Waals surface area contributed by atoms with E-state index < -0.39 is 0 Å². The molecule has 102 valence electrons. The maximum absolute atomic E-state index is 11.4. The van der Waals surface area contributed by atoms with Gasteiger partial charge >= 0.3 is 6.03 Å². The largest absolute Gasteiger partial charge is 0.334 e. The molecule has 0 aliphatic rings. The first-order valence-electron chi connectivity index (χ1n) is 6.21. The minimum Gasteiger partial charge on any atom is -0.334 e. The molecule has 0 bridgehead atoms. The maximum Gasteiger partial charge on any atom is 0.319 e. The van der Waals surface area contributed by atoms with Crippen LogP contribution < -0.4 is 16.0 Å². The second-order valence-electron chi connectivity index (χ2n) is 4.00. The van der Waals surface area contributed by atoms with E-state index in [1.54, 1.807) is 30.3 Å². The number of amides is 3. The summed E-state index contributed by atoms with van der Waals surface area (Å²) in [7, 11) is 0. The summed E-state index contributed by atoms with van der Waals surface area (Å²) in [5, 5.41) is 8.06. The second-order valence-corrected chi connectivity index (χ2v) is 4.00. The number of carbonyl (C=O) groups excluding carboxylic acids is 2. The Labute approximate surface area is 113 Å². The van der Waals surface area contributed by atoms with Gasteiger partial charge in [0.2, 0.25) is 5.91 Å². The van der Waals surface area contributed by atoms with Crippen molar-refractivity contribution in [1.82, 2.24) is 5.32 Å². The lowest BCUT2D eigenvalue weighted by Gasteiger charge is -2.08. The van der Waals surface area contributed by atoms with Crippen LogP contribution in [0.15, 0.2) is 36.9 Å². The molecule has 0 saturated heterocycles. The first-order valence-corrected chi connectivity index (χ1v) is 6.21. The number of hydrogen-bond acceptors (Lipinski definition) is 2. The van der Waals surface area contributed by atoms with Crippen LogP contribution in [0.1, 0.15) is 19.8 Å². The third-order valence-electron chi connectivity index (χ3n) is 2.31. The lowest BCUT2D eigenvalue weighted by atomic mass is 10.2. The Balaban J connectivity index is 2.49. The van der Waals surface area contributed by atoms with Crippen molar-refractivity contribution in [3.8, 4) is 0 Å². The van der Waals surface area contributed by atoms with Crippen LogP contribution in [0, 0.1) is 0 Å². The van der Waals surface area contributed by atoms with Gasteiger partial charge in [0, 0.05) is 24.3 Å². The van der Waals surface area contributed by atoms with Gasteiger partial charge in [0.1, 0.15) is 0 Å². The summed E-state index contributed by atoms with van der Waals surface area (Å²) in [6.07, 6.45) is 2.92. The first-order chi connectivity index (χ1) is 9.15. The quantitative estimate of drug-likeness (QED) is 0.689. The molecule has 0 fully saturated rings. The van der Waals surface area contributed by atoms with E-state index in [0.717, 1.165) is 12.1 Å². The highest BCUT2D eigenvalue weighted by Gasteiger charge is 2.02. The molecule has 5 heteroatoms.